The van der Waals surface area contributed by atoms with E-state index >= 15 is 0 Å². The largest absolute Gasteiger partial charge is 0.490 e. The lowest BCUT2D eigenvalue weighted by Gasteiger charge is -2.10. The molecule has 0 saturated carbocycles. The number of carbonyl (C=O) groups is 1. The van der Waals surface area contributed by atoms with E-state index in [9.17, 15) is 14.9 Å². The van der Waals surface area contributed by atoms with Crippen LogP contribution in [0.3, 0.4) is 0 Å². The highest BCUT2D eigenvalue weighted by molar-refractivity contribution is 5.79. The average Bonchev–Trinajstić information content (AvgIpc) is 2.35. The lowest BCUT2D eigenvalue weighted by Crippen LogP contribution is -2.38. The number of hydrogen-bond donors (Lipinski definition) is 2. The number of nitrogens with one attached hydrogen (secondary N) is 1. The predicted molar refractivity (Wildman–Crippen MR) is 65.1 cm³/mol. The van der Waals surface area contributed by atoms with Gasteiger partial charge >= 0.3 is 5.69 Å². The van der Waals surface area contributed by atoms with Gasteiger partial charge in [0.1, 0.15) is 0 Å². The fourth-order valence-corrected chi connectivity index (χ4v) is 1.36. The minimum atomic E-state index is -0.514. The number of nitro groups is 1. The number of nitrogens with two attached hydrogens (primary N) is 1. The Balaban J connectivity index is 2.82. The molecule has 0 saturated heterocycles. The van der Waals surface area contributed by atoms with Gasteiger partial charge in [0.15, 0.2) is 5.75 Å². The van der Waals surface area contributed by atoms with E-state index < -0.39 is 16.9 Å². The molecule has 0 aromatic heterocycles. The molecule has 7 nitrogen and oxygen atoms in total. The summed E-state index contributed by atoms with van der Waals surface area (Å²) in [4.78, 5) is 21.1. The molecule has 3 N–H and O–H groups in total. The molecule has 0 aliphatic rings. The van der Waals surface area contributed by atoms with Crippen LogP contribution in [0.5, 0.6) is 5.75 Å². The van der Waals surface area contributed by atoms with Crippen LogP contribution in [0.15, 0.2) is 18.2 Å². The zero-order valence-corrected chi connectivity index (χ0v) is 10.2. The lowest BCUT2D eigenvalue weighted by molar-refractivity contribution is -0.385. The van der Waals surface area contributed by atoms with Crippen molar-refractivity contribution < 1.29 is 14.5 Å². The van der Waals surface area contributed by atoms with Crippen molar-refractivity contribution >= 4 is 11.6 Å². The molecule has 1 unspecified atom stereocenters. The SMILES string of the molecule is COc1ccc(CNC(C)C(N)=O)cc1[N+](=O)[O-]. The Morgan fingerprint density at radius 3 is 2.78 bits per heavy atom. The quantitative estimate of drug-likeness (QED) is 0.569. The molecule has 1 aromatic rings. The van der Waals surface area contributed by atoms with Crippen LogP contribution in [0.25, 0.3) is 0 Å². The molecule has 0 aliphatic heterocycles. The third-order valence-corrected chi connectivity index (χ3v) is 2.48. The summed E-state index contributed by atoms with van der Waals surface area (Å²) in [5, 5.41) is 13.7. The Morgan fingerprint density at radius 1 is 1.61 bits per heavy atom. The fourth-order valence-electron chi connectivity index (χ4n) is 1.36. The number of ether oxygens (including phenoxy) is 1. The smallest absolute Gasteiger partial charge is 0.311 e. The highest BCUT2D eigenvalue weighted by atomic mass is 16.6. The first kappa shape index (κ1) is 13.9. The molecule has 7 heteroatoms. The van der Waals surface area contributed by atoms with Crippen molar-refractivity contribution in [1.29, 1.82) is 0 Å². The van der Waals surface area contributed by atoms with Crippen LogP contribution in [0.1, 0.15) is 12.5 Å². The summed E-state index contributed by atoms with van der Waals surface area (Å²) in [7, 11) is 1.37. The number of benzene rings is 1. The minimum Gasteiger partial charge on any atom is -0.490 e. The van der Waals surface area contributed by atoms with Gasteiger partial charge in [0.2, 0.25) is 5.91 Å². The molecule has 18 heavy (non-hydrogen) atoms. The average molecular weight is 253 g/mol. The van der Waals surface area contributed by atoms with E-state index in [2.05, 4.69) is 5.32 Å². The Morgan fingerprint density at radius 2 is 2.28 bits per heavy atom. The minimum absolute atomic E-state index is 0.108. The number of hydrogen-bond acceptors (Lipinski definition) is 5. The first-order valence-electron chi connectivity index (χ1n) is 5.29. The van der Waals surface area contributed by atoms with Crippen LogP contribution >= 0.6 is 0 Å². The number of carbonyl (C=O) groups excluding carboxylic acids is 1. The molecule has 0 spiro atoms. The van der Waals surface area contributed by atoms with E-state index in [1.54, 1.807) is 13.0 Å². The van der Waals surface area contributed by atoms with Crippen molar-refractivity contribution in [2.24, 2.45) is 5.73 Å². The molecular formula is C11H15N3O4. The van der Waals surface area contributed by atoms with Gasteiger partial charge in [-0.2, -0.15) is 0 Å². The van der Waals surface area contributed by atoms with E-state index in [4.69, 9.17) is 10.5 Å². The predicted octanol–water partition coefficient (Wildman–Crippen LogP) is 0.567. The second-order valence-electron chi connectivity index (χ2n) is 3.77. The summed E-state index contributed by atoms with van der Waals surface area (Å²) < 4.78 is 4.89. The van der Waals surface area contributed by atoms with Gasteiger partial charge in [-0.25, -0.2) is 0 Å². The second kappa shape index (κ2) is 5.97. The van der Waals surface area contributed by atoms with Gasteiger partial charge in [-0.05, 0) is 18.6 Å². The van der Waals surface area contributed by atoms with Gasteiger partial charge in [0.25, 0.3) is 0 Å². The number of rotatable bonds is 6. The zero-order valence-electron chi connectivity index (χ0n) is 10.2. The summed E-state index contributed by atoms with van der Waals surface area (Å²) in [6, 6.07) is 4.11. The summed E-state index contributed by atoms with van der Waals surface area (Å²) in [5.41, 5.74) is 5.66. The number of amides is 1. The van der Waals surface area contributed by atoms with Crippen LogP contribution in [-0.4, -0.2) is 24.0 Å². The van der Waals surface area contributed by atoms with Crippen LogP contribution in [0, 0.1) is 10.1 Å². The standard InChI is InChI=1S/C11H15N3O4/c1-7(11(12)15)13-6-8-3-4-10(18-2)9(5-8)14(16)17/h3-5,7,13H,6H2,1-2H3,(H2,12,15). The number of nitrogens with zero attached hydrogens (tertiary/aromatic N) is 1. The maximum atomic E-state index is 10.8. The number of nitro benzene ring substituents is 1. The summed E-state index contributed by atoms with van der Waals surface area (Å²) >= 11 is 0. The van der Waals surface area contributed by atoms with Crippen molar-refractivity contribution in [2.75, 3.05) is 7.11 Å². The molecule has 0 aliphatic carbocycles. The van der Waals surface area contributed by atoms with Gasteiger partial charge < -0.3 is 15.8 Å². The monoisotopic (exact) mass is 253 g/mol. The molecule has 1 rings (SSSR count). The first-order chi connectivity index (χ1) is 8.45. The molecule has 0 fully saturated rings. The van der Waals surface area contributed by atoms with Crippen LogP contribution in [-0.2, 0) is 11.3 Å². The maximum Gasteiger partial charge on any atom is 0.311 e. The third kappa shape index (κ3) is 3.42. The Hall–Kier alpha value is -2.15. The van der Waals surface area contributed by atoms with Crippen molar-refractivity contribution in [1.82, 2.24) is 5.32 Å². The molecule has 1 amide bonds. The van der Waals surface area contributed by atoms with Crippen LogP contribution in [0.4, 0.5) is 5.69 Å². The Bertz CT molecular complexity index is 462. The topological polar surface area (TPSA) is 107 Å². The van der Waals surface area contributed by atoms with Crippen molar-refractivity contribution in [2.45, 2.75) is 19.5 Å². The normalized spacial score (nSPS) is 11.9. The zero-order chi connectivity index (χ0) is 13.7. The van der Waals surface area contributed by atoms with Gasteiger partial charge in [0, 0.05) is 12.6 Å². The van der Waals surface area contributed by atoms with E-state index in [0.29, 0.717) is 12.1 Å². The first-order valence-corrected chi connectivity index (χ1v) is 5.29. The highest BCUT2D eigenvalue weighted by Gasteiger charge is 2.15. The molecule has 0 radical (unpaired) electrons. The van der Waals surface area contributed by atoms with E-state index in [0.717, 1.165) is 0 Å². The summed E-state index contributed by atoms with van der Waals surface area (Å²) in [5.74, 6) is -0.273. The second-order valence-corrected chi connectivity index (χ2v) is 3.77. The van der Waals surface area contributed by atoms with Gasteiger partial charge in [-0.3, -0.25) is 14.9 Å². The molecule has 1 atom stereocenters. The lowest BCUT2D eigenvalue weighted by atomic mass is 10.1. The summed E-state index contributed by atoms with van der Waals surface area (Å²) in [6.45, 7) is 1.94. The highest BCUT2D eigenvalue weighted by Crippen LogP contribution is 2.27. The van der Waals surface area contributed by atoms with E-state index in [-0.39, 0.29) is 11.4 Å². The Kier molecular flexibility index (Phi) is 4.61. The molecule has 1 aromatic carbocycles. The Labute approximate surface area is 104 Å². The number of methoxy groups -OCH3 is 1. The van der Waals surface area contributed by atoms with Gasteiger partial charge in [-0.15, -0.1) is 0 Å². The molecule has 0 bridgehead atoms. The molecular weight excluding hydrogens is 238 g/mol. The summed E-state index contributed by atoms with van der Waals surface area (Å²) in [6.07, 6.45) is 0. The van der Waals surface area contributed by atoms with Gasteiger partial charge in [-0.1, -0.05) is 6.07 Å². The third-order valence-electron chi connectivity index (χ3n) is 2.48. The molecule has 98 valence electrons. The maximum absolute atomic E-state index is 10.8. The fraction of sp³-hybridized carbons (Fsp3) is 0.364. The van der Waals surface area contributed by atoms with Crippen LogP contribution < -0.4 is 15.8 Å². The van der Waals surface area contributed by atoms with E-state index in [1.165, 1.54) is 19.2 Å². The van der Waals surface area contributed by atoms with Gasteiger partial charge in [0.05, 0.1) is 18.1 Å². The van der Waals surface area contributed by atoms with Crippen LogP contribution in [0.2, 0.25) is 0 Å². The number of primary amides is 1. The van der Waals surface area contributed by atoms with Crippen molar-refractivity contribution in [3.8, 4) is 5.75 Å². The van der Waals surface area contributed by atoms with E-state index in [1.807, 2.05) is 0 Å². The van der Waals surface area contributed by atoms with Crippen molar-refractivity contribution in [3.05, 3.63) is 33.9 Å². The molecule has 0 heterocycles. The van der Waals surface area contributed by atoms with Crippen molar-refractivity contribution in [3.63, 3.8) is 0 Å².